The van der Waals surface area contributed by atoms with E-state index in [1.807, 2.05) is 12.2 Å². The van der Waals surface area contributed by atoms with Crippen molar-refractivity contribution in [2.24, 2.45) is 0 Å². The molecule has 0 saturated carbocycles. The van der Waals surface area contributed by atoms with Crippen molar-refractivity contribution in [3.05, 3.63) is 47.6 Å². The largest absolute Gasteiger partial charge is 0.345 e. The van der Waals surface area contributed by atoms with E-state index in [2.05, 4.69) is 33.4 Å². The molecule has 0 N–H and O–H groups in total. The number of carbonyl (C=O) groups is 1. The SMILES string of the molecule is C=C\C(=C/C=C(C)/C(=C/CC)CCC)C(=O)N(C)C. The van der Waals surface area contributed by atoms with Crippen LogP contribution in [0.1, 0.15) is 40.0 Å². The topological polar surface area (TPSA) is 20.3 Å². The maximum absolute atomic E-state index is 11.9. The van der Waals surface area contributed by atoms with Gasteiger partial charge in [-0.1, -0.05) is 45.1 Å². The molecule has 0 aromatic heterocycles. The molecule has 0 radical (unpaired) electrons. The summed E-state index contributed by atoms with van der Waals surface area (Å²) in [5, 5.41) is 0. The van der Waals surface area contributed by atoms with Crippen LogP contribution < -0.4 is 0 Å². The summed E-state index contributed by atoms with van der Waals surface area (Å²) in [4.78, 5) is 13.4. The van der Waals surface area contributed by atoms with Crippen LogP contribution in [-0.2, 0) is 4.79 Å². The van der Waals surface area contributed by atoms with Crippen molar-refractivity contribution in [3.8, 4) is 0 Å². The third-order valence-corrected chi connectivity index (χ3v) is 2.86. The van der Waals surface area contributed by atoms with Crippen molar-refractivity contribution in [1.82, 2.24) is 4.90 Å². The Morgan fingerprint density at radius 1 is 1.21 bits per heavy atom. The second kappa shape index (κ2) is 9.37. The average Bonchev–Trinajstić information content (AvgIpc) is 2.38. The predicted octanol–water partition coefficient (Wildman–Crippen LogP) is 4.27. The van der Waals surface area contributed by atoms with Gasteiger partial charge in [-0.05, 0) is 37.0 Å². The molecule has 0 spiro atoms. The highest BCUT2D eigenvalue weighted by molar-refractivity contribution is 5.96. The van der Waals surface area contributed by atoms with E-state index in [9.17, 15) is 4.79 Å². The Kier molecular flexibility index (Phi) is 8.60. The molecule has 2 nitrogen and oxygen atoms in total. The third kappa shape index (κ3) is 6.23. The molecule has 0 atom stereocenters. The molecule has 0 aliphatic rings. The number of hydrogen-bond acceptors (Lipinski definition) is 1. The number of likely N-dealkylation sites (N-methyl/N-ethyl adjacent to an activating group) is 1. The van der Waals surface area contributed by atoms with Gasteiger partial charge in [0.05, 0.1) is 0 Å². The summed E-state index contributed by atoms with van der Waals surface area (Å²) in [5.74, 6) is -0.0180. The first-order valence-electron chi connectivity index (χ1n) is 6.89. The van der Waals surface area contributed by atoms with Gasteiger partial charge in [0.25, 0.3) is 5.91 Å². The van der Waals surface area contributed by atoms with Crippen LogP contribution in [0.2, 0.25) is 0 Å². The van der Waals surface area contributed by atoms with E-state index in [0.29, 0.717) is 5.57 Å². The van der Waals surface area contributed by atoms with E-state index in [0.717, 1.165) is 19.3 Å². The van der Waals surface area contributed by atoms with Gasteiger partial charge in [-0.15, -0.1) is 0 Å². The Labute approximate surface area is 118 Å². The molecule has 0 aromatic carbocycles. The molecule has 0 bridgehead atoms. The smallest absolute Gasteiger partial charge is 0.253 e. The van der Waals surface area contributed by atoms with Crippen molar-refractivity contribution >= 4 is 5.91 Å². The fourth-order valence-corrected chi connectivity index (χ4v) is 1.78. The molecule has 0 unspecified atom stereocenters. The highest BCUT2D eigenvalue weighted by atomic mass is 16.2. The van der Waals surface area contributed by atoms with Gasteiger partial charge in [-0.25, -0.2) is 0 Å². The van der Waals surface area contributed by atoms with E-state index >= 15 is 0 Å². The quantitative estimate of drug-likeness (QED) is 0.495. The lowest BCUT2D eigenvalue weighted by atomic mass is 10.0. The molecule has 0 aliphatic heterocycles. The summed E-state index contributed by atoms with van der Waals surface area (Å²) in [6.45, 7) is 10.1. The normalized spacial score (nSPS) is 13.4. The van der Waals surface area contributed by atoms with Crippen LogP contribution in [0.4, 0.5) is 0 Å². The van der Waals surface area contributed by atoms with Gasteiger partial charge >= 0.3 is 0 Å². The third-order valence-electron chi connectivity index (χ3n) is 2.86. The van der Waals surface area contributed by atoms with Crippen molar-refractivity contribution in [2.45, 2.75) is 40.0 Å². The summed E-state index contributed by atoms with van der Waals surface area (Å²) < 4.78 is 0. The van der Waals surface area contributed by atoms with Crippen LogP contribution in [0.15, 0.2) is 47.6 Å². The van der Waals surface area contributed by atoms with Crippen LogP contribution in [0, 0.1) is 0 Å². The lowest BCUT2D eigenvalue weighted by Gasteiger charge is -2.10. The summed E-state index contributed by atoms with van der Waals surface area (Å²) in [7, 11) is 3.49. The lowest BCUT2D eigenvalue weighted by molar-refractivity contribution is -0.124. The molecular formula is C17H27NO. The Bertz CT molecular complexity index is 397. The first-order valence-corrected chi connectivity index (χ1v) is 6.89. The van der Waals surface area contributed by atoms with Gasteiger partial charge in [-0.3, -0.25) is 4.79 Å². The van der Waals surface area contributed by atoms with Crippen LogP contribution in [0.25, 0.3) is 0 Å². The molecule has 0 fully saturated rings. The van der Waals surface area contributed by atoms with Crippen LogP contribution in [-0.4, -0.2) is 24.9 Å². The number of rotatable bonds is 7. The molecule has 1 amide bonds. The van der Waals surface area contributed by atoms with Gasteiger partial charge in [0.2, 0.25) is 0 Å². The second-order valence-electron chi connectivity index (χ2n) is 4.76. The Hall–Kier alpha value is -1.57. The van der Waals surface area contributed by atoms with Crippen LogP contribution >= 0.6 is 0 Å². The van der Waals surface area contributed by atoms with Crippen molar-refractivity contribution < 1.29 is 4.79 Å². The maximum Gasteiger partial charge on any atom is 0.253 e. The molecule has 2 heteroatoms. The fourth-order valence-electron chi connectivity index (χ4n) is 1.78. The van der Waals surface area contributed by atoms with Gasteiger partial charge in [0.1, 0.15) is 0 Å². The highest BCUT2D eigenvalue weighted by Gasteiger charge is 2.07. The second-order valence-corrected chi connectivity index (χ2v) is 4.76. The fraction of sp³-hybridized carbons (Fsp3) is 0.471. The Morgan fingerprint density at radius 2 is 1.84 bits per heavy atom. The summed E-state index contributed by atoms with van der Waals surface area (Å²) in [5.41, 5.74) is 3.20. The number of hydrogen-bond donors (Lipinski definition) is 0. The van der Waals surface area contributed by atoms with E-state index in [4.69, 9.17) is 0 Å². The van der Waals surface area contributed by atoms with Gasteiger partial charge < -0.3 is 4.90 Å². The van der Waals surface area contributed by atoms with Gasteiger partial charge in [0.15, 0.2) is 0 Å². The van der Waals surface area contributed by atoms with Crippen molar-refractivity contribution in [2.75, 3.05) is 14.1 Å². The maximum atomic E-state index is 11.9. The molecular weight excluding hydrogens is 234 g/mol. The van der Waals surface area contributed by atoms with E-state index < -0.39 is 0 Å². The number of allylic oxidation sites excluding steroid dienone is 5. The minimum atomic E-state index is -0.0180. The number of carbonyl (C=O) groups excluding carboxylic acids is 1. The van der Waals surface area contributed by atoms with Crippen molar-refractivity contribution in [1.29, 1.82) is 0 Å². The zero-order valence-corrected chi connectivity index (χ0v) is 13.0. The molecule has 0 aliphatic carbocycles. The summed E-state index contributed by atoms with van der Waals surface area (Å²) >= 11 is 0. The molecule has 0 saturated heterocycles. The van der Waals surface area contributed by atoms with Crippen LogP contribution in [0.5, 0.6) is 0 Å². The number of nitrogens with zero attached hydrogens (tertiary/aromatic N) is 1. The molecule has 106 valence electrons. The molecule has 19 heavy (non-hydrogen) atoms. The van der Waals surface area contributed by atoms with E-state index in [1.54, 1.807) is 25.1 Å². The summed E-state index contributed by atoms with van der Waals surface area (Å²) in [6.07, 6.45) is 11.0. The monoisotopic (exact) mass is 261 g/mol. The van der Waals surface area contributed by atoms with E-state index in [-0.39, 0.29) is 5.91 Å². The first kappa shape index (κ1) is 17.4. The number of amides is 1. The minimum Gasteiger partial charge on any atom is -0.345 e. The Morgan fingerprint density at radius 3 is 2.26 bits per heavy atom. The highest BCUT2D eigenvalue weighted by Crippen LogP contribution is 2.17. The molecule has 0 heterocycles. The molecule has 0 rings (SSSR count). The first-order chi connectivity index (χ1) is 8.97. The van der Waals surface area contributed by atoms with Crippen molar-refractivity contribution in [3.63, 3.8) is 0 Å². The molecule has 0 aromatic rings. The van der Waals surface area contributed by atoms with E-state index in [1.165, 1.54) is 11.1 Å². The summed E-state index contributed by atoms with van der Waals surface area (Å²) in [6, 6.07) is 0. The Balaban J connectivity index is 5.15. The lowest BCUT2D eigenvalue weighted by Crippen LogP contribution is -2.22. The average molecular weight is 261 g/mol. The zero-order chi connectivity index (χ0) is 14.8. The van der Waals surface area contributed by atoms with Gasteiger partial charge in [0, 0.05) is 19.7 Å². The predicted molar refractivity (Wildman–Crippen MR) is 84.0 cm³/mol. The zero-order valence-electron chi connectivity index (χ0n) is 13.0. The standard InChI is InChI=1S/C17H27NO/c1-7-10-16(11-8-2)14(4)12-13-15(9-3)17(19)18(5)6/h9-10,12-13H,3,7-8,11H2,1-2,4-6H3/b14-12+,15-13+,16-10+. The van der Waals surface area contributed by atoms with Crippen LogP contribution in [0.3, 0.4) is 0 Å². The van der Waals surface area contributed by atoms with Gasteiger partial charge in [-0.2, -0.15) is 0 Å². The minimum absolute atomic E-state index is 0.0180.